The number of hydrogen-bond donors (Lipinski definition) is 3. The zero-order valence-corrected chi connectivity index (χ0v) is 31.4. The molecule has 3 N–H and O–H groups in total. The monoisotopic (exact) mass is 695 g/mol. The van der Waals surface area contributed by atoms with Crippen molar-refractivity contribution in [3.05, 3.63) is 0 Å². The standard InChI is InChI=1S/C37H75O9P/c1-3-5-7-9-11-13-14-15-16-17-18-19-20-21-22-24-26-28-30-43-33-36(34-45-47(41,42)44-32-35(39)31-38)46-37(40)29-27-25-23-12-10-8-6-4-2/h35-36,38-39H,3-34H2,1-2H3,(H,41,42). The summed E-state index contributed by atoms with van der Waals surface area (Å²) in [5, 5.41) is 18.2. The van der Waals surface area contributed by atoms with Gasteiger partial charge in [-0.05, 0) is 12.8 Å². The maximum atomic E-state index is 12.5. The molecule has 3 unspecified atom stereocenters. The summed E-state index contributed by atoms with van der Waals surface area (Å²) < 4.78 is 33.2. The molecule has 0 aromatic carbocycles. The summed E-state index contributed by atoms with van der Waals surface area (Å²) in [6.45, 7) is 3.52. The Balaban J connectivity index is 4.06. The molecule has 10 heteroatoms. The highest BCUT2D eigenvalue weighted by Crippen LogP contribution is 2.43. The van der Waals surface area contributed by atoms with E-state index in [-0.39, 0.29) is 25.6 Å². The molecule has 0 saturated carbocycles. The second kappa shape index (κ2) is 35.3. The summed E-state index contributed by atoms with van der Waals surface area (Å²) in [4.78, 5) is 22.4. The van der Waals surface area contributed by atoms with Crippen molar-refractivity contribution in [3.8, 4) is 0 Å². The molecule has 3 atom stereocenters. The Morgan fingerprint density at radius 1 is 0.574 bits per heavy atom. The van der Waals surface area contributed by atoms with Gasteiger partial charge >= 0.3 is 13.8 Å². The predicted molar refractivity (Wildman–Crippen MR) is 192 cm³/mol. The van der Waals surface area contributed by atoms with Crippen molar-refractivity contribution in [3.63, 3.8) is 0 Å². The van der Waals surface area contributed by atoms with E-state index in [4.69, 9.17) is 23.6 Å². The zero-order chi connectivity index (χ0) is 34.7. The number of unbranched alkanes of at least 4 members (excludes halogenated alkanes) is 24. The molecular formula is C37H75O9P. The molecule has 0 fully saturated rings. The molecule has 0 aromatic rings. The fraction of sp³-hybridized carbons (Fsp3) is 0.973. The van der Waals surface area contributed by atoms with Crippen LogP contribution < -0.4 is 0 Å². The van der Waals surface area contributed by atoms with Crippen molar-refractivity contribution in [2.24, 2.45) is 0 Å². The molecular weight excluding hydrogens is 619 g/mol. The molecule has 47 heavy (non-hydrogen) atoms. The van der Waals surface area contributed by atoms with Gasteiger partial charge in [0, 0.05) is 13.0 Å². The number of ether oxygens (including phenoxy) is 2. The molecule has 9 nitrogen and oxygen atoms in total. The molecule has 282 valence electrons. The Kier molecular flexibility index (Phi) is 34.9. The van der Waals surface area contributed by atoms with E-state index in [0.717, 1.165) is 32.1 Å². The van der Waals surface area contributed by atoms with Crippen LogP contribution in [0.15, 0.2) is 0 Å². The Hall–Kier alpha value is -0.540. The van der Waals surface area contributed by atoms with Gasteiger partial charge in [0.15, 0.2) is 0 Å². The highest BCUT2D eigenvalue weighted by Gasteiger charge is 2.26. The fourth-order valence-electron chi connectivity index (χ4n) is 5.53. The summed E-state index contributed by atoms with van der Waals surface area (Å²) in [6.07, 6.45) is 30.7. The van der Waals surface area contributed by atoms with Crippen LogP contribution in [-0.2, 0) is 27.9 Å². The van der Waals surface area contributed by atoms with Gasteiger partial charge in [0.1, 0.15) is 12.2 Å². The Morgan fingerprint density at radius 3 is 1.38 bits per heavy atom. The fourth-order valence-corrected chi connectivity index (χ4v) is 6.32. The number of aliphatic hydroxyl groups excluding tert-OH is 2. The topological polar surface area (TPSA) is 132 Å². The molecule has 0 saturated heterocycles. The van der Waals surface area contributed by atoms with Crippen LogP contribution in [0.25, 0.3) is 0 Å². The van der Waals surface area contributed by atoms with Gasteiger partial charge in [0.2, 0.25) is 0 Å². The number of carbonyl (C=O) groups excluding carboxylic acids is 1. The van der Waals surface area contributed by atoms with Crippen molar-refractivity contribution < 1.29 is 43.0 Å². The molecule has 0 amide bonds. The van der Waals surface area contributed by atoms with Crippen LogP contribution in [0.4, 0.5) is 0 Å². The van der Waals surface area contributed by atoms with Crippen molar-refractivity contribution in [1.82, 2.24) is 0 Å². The van der Waals surface area contributed by atoms with Crippen LogP contribution in [0, 0.1) is 0 Å². The lowest BCUT2D eigenvalue weighted by Gasteiger charge is -2.20. The minimum atomic E-state index is -4.50. The average Bonchev–Trinajstić information content (AvgIpc) is 3.06. The van der Waals surface area contributed by atoms with Crippen LogP contribution in [0.3, 0.4) is 0 Å². The lowest BCUT2D eigenvalue weighted by molar-refractivity contribution is -0.154. The SMILES string of the molecule is CCCCCCCCCCCCCCCCCCCCOCC(COP(=O)(O)OCC(O)CO)OC(=O)CCCCCCCCCC. The van der Waals surface area contributed by atoms with Crippen LogP contribution in [-0.4, -0.2) is 66.3 Å². The van der Waals surface area contributed by atoms with E-state index in [1.807, 2.05) is 0 Å². The number of esters is 1. The number of hydrogen-bond acceptors (Lipinski definition) is 8. The van der Waals surface area contributed by atoms with Crippen LogP contribution >= 0.6 is 7.82 Å². The molecule has 0 heterocycles. The van der Waals surface area contributed by atoms with Gasteiger partial charge in [-0.1, -0.05) is 168 Å². The summed E-state index contributed by atoms with van der Waals surface area (Å²) in [7, 11) is -4.50. The molecule has 0 spiro atoms. The molecule has 0 aliphatic rings. The maximum absolute atomic E-state index is 12.5. The smallest absolute Gasteiger partial charge is 0.457 e. The first-order chi connectivity index (χ1) is 22.8. The van der Waals surface area contributed by atoms with Gasteiger partial charge in [0.05, 0.1) is 26.4 Å². The third kappa shape index (κ3) is 35.1. The first-order valence-electron chi connectivity index (χ1n) is 19.5. The van der Waals surface area contributed by atoms with E-state index in [0.29, 0.717) is 6.61 Å². The molecule has 0 aliphatic heterocycles. The number of aliphatic hydroxyl groups is 2. The largest absolute Gasteiger partial charge is 0.472 e. The highest BCUT2D eigenvalue weighted by molar-refractivity contribution is 7.47. The normalized spacial score (nSPS) is 14.2. The molecule has 0 aliphatic carbocycles. The van der Waals surface area contributed by atoms with Gasteiger partial charge < -0.3 is 24.6 Å². The van der Waals surface area contributed by atoms with Crippen LogP contribution in [0.5, 0.6) is 0 Å². The molecule has 0 bridgehead atoms. The number of phosphoric acid groups is 1. The lowest BCUT2D eigenvalue weighted by Crippen LogP contribution is -2.29. The first kappa shape index (κ1) is 46.5. The quantitative estimate of drug-likeness (QED) is 0.0328. The minimum absolute atomic E-state index is 0.0569. The second-order valence-corrected chi connectivity index (χ2v) is 14.8. The second-order valence-electron chi connectivity index (χ2n) is 13.3. The van der Waals surface area contributed by atoms with E-state index in [1.165, 1.54) is 135 Å². The summed E-state index contributed by atoms with van der Waals surface area (Å²) in [6, 6.07) is 0. The predicted octanol–water partition coefficient (Wildman–Crippen LogP) is 9.97. The highest BCUT2D eigenvalue weighted by atomic mass is 31.2. The zero-order valence-electron chi connectivity index (χ0n) is 30.5. The minimum Gasteiger partial charge on any atom is -0.457 e. The van der Waals surface area contributed by atoms with Crippen molar-refractivity contribution in [1.29, 1.82) is 0 Å². The number of rotatable bonds is 38. The van der Waals surface area contributed by atoms with Crippen LogP contribution in [0.1, 0.15) is 187 Å². The van der Waals surface area contributed by atoms with Crippen molar-refractivity contribution in [2.75, 3.05) is 33.0 Å². The van der Waals surface area contributed by atoms with Gasteiger partial charge in [0.25, 0.3) is 0 Å². The van der Waals surface area contributed by atoms with Crippen LogP contribution in [0.2, 0.25) is 0 Å². The van der Waals surface area contributed by atoms with Gasteiger partial charge in [-0.15, -0.1) is 0 Å². The lowest BCUT2D eigenvalue weighted by atomic mass is 10.0. The Labute approximate surface area is 288 Å². The Morgan fingerprint density at radius 2 is 0.957 bits per heavy atom. The maximum Gasteiger partial charge on any atom is 0.472 e. The summed E-state index contributed by atoms with van der Waals surface area (Å²) in [5.41, 5.74) is 0. The number of phosphoric ester groups is 1. The van der Waals surface area contributed by atoms with Gasteiger partial charge in [-0.2, -0.15) is 0 Å². The summed E-state index contributed by atoms with van der Waals surface area (Å²) >= 11 is 0. The van der Waals surface area contributed by atoms with Gasteiger partial charge in [-0.3, -0.25) is 13.8 Å². The molecule has 0 radical (unpaired) electrons. The first-order valence-corrected chi connectivity index (χ1v) is 21.0. The van der Waals surface area contributed by atoms with E-state index in [9.17, 15) is 19.4 Å². The van der Waals surface area contributed by atoms with E-state index in [1.54, 1.807) is 0 Å². The molecule has 0 aromatic heterocycles. The van der Waals surface area contributed by atoms with Crippen molar-refractivity contribution >= 4 is 13.8 Å². The average molecular weight is 695 g/mol. The van der Waals surface area contributed by atoms with E-state index in [2.05, 4.69) is 13.8 Å². The number of carbonyl (C=O) groups is 1. The summed E-state index contributed by atoms with van der Waals surface area (Å²) in [5.74, 6) is -0.384. The Bertz CT molecular complexity index is 709. The van der Waals surface area contributed by atoms with Crippen molar-refractivity contribution in [2.45, 2.75) is 199 Å². The van der Waals surface area contributed by atoms with E-state index < -0.39 is 33.2 Å². The third-order valence-electron chi connectivity index (χ3n) is 8.54. The van der Waals surface area contributed by atoms with Gasteiger partial charge in [-0.25, -0.2) is 4.57 Å². The molecule has 0 rings (SSSR count). The third-order valence-corrected chi connectivity index (χ3v) is 9.49. The van der Waals surface area contributed by atoms with E-state index >= 15 is 0 Å².